The number of carbonyl (C=O) groups excluding carboxylic acids is 1. The summed E-state index contributed by atoms with van der Waals surface area (Å²) < 4.78 is 0. The first-order valence-electron chi connectivity index (χ1n) is 6.05. The molecule has 5 nitrogen and oxygen atoms in total. The predicted octanol–water partition coefficient (Wildman–Crippen LogP) is 2.70. The van der Waals surface area contributed by atoms with Crippen LogP contribution in [-0.2, 0) is 6.42 Å². The van der Waals surface area contributed by atoms with Gasteiger partial charge in [0, 0.05) is 29.4 Å². The van der Waals surface area contributed by atoms with Crippen LogP contribution in [0.2, 0.25) is 0 Å². The first kappa shape index (κ1) is 13.5. The van der Waals surface area contributed by atoms with Crippen molar-refractivity contribution in [2.24, 2.45) is 0 Å². The number of anilines is 2. The van der Waals surface area contributed by atoms with E-state index in [4.69, 9.17) is 0 Å². The number of nitrogens with one attached hydrogen (secondary N) is 2. The van der Waals surface area contributed by atoms with Gasteiger partial charge in [0.25, 0.3) is 5.91 Å². The highest BCUT2D eigenvalue weighted by Gasteiger charge is 2.11. The van der Waals surface area contributed by atoms with E-state index in [1.807, 2.05) is 13.8 Å². The minimum Gasteiger partial charge on any atom is -0.373 e. The van der Waals surface area contributed by atoms with E-state index in [0.717, 1.165) is 17.0 Å². The molecule has 0 atom stereocenters. The van der Waals surface area contributed by atoms with Crippen molar-refractivity contribution in [3.8, 4) is 0 Å². The largest absolute Gasteiger partial charge is 0.373 e. The summed E-state index contributed by atoms with van der Waals surface area (Å²) >= 11 is 1.46. The molecular formula is C13H16N4OS. The maximum Gasteiger partial charge on any atom is 0.257 e. The van der Waals surface area contributed by atoms with Gasteiger partial charge in [0.2, 0.25) is 0 Å². The number of aromatic nitrogens is 2. The van der Waals surface area contributed by atoms with E-state index in [2.05, 4.69) is 20.6 Å². The molecule has 0 radical (unpaired) electrons. The Morgan fingerprint density at radius 2 is 2.21 bits per heavy atom. The third-order valence-corrected chi connectivity index (χ3v) is 3.43. The second kappa shape index (κ2) is 5.79. The van der Waals surface area contributed by atoms with Gasteiger partial charge in [0.05, 0.1) is 0 Å². The summed E-state index contributed by atoms with van der Waals surface area (Å²) in [5.41, 5.74) is 1.47. The fourth-order valence-corrected chi connectivity index (χ4v) is 2.27. The van der Waals surface area contributed by atoms with Crippen LogP contribution in [0.5, 0.6) is 0 Å². The summed E-state index contributed by atoms with van der Waals surface area (Å²) in [5, 5.41) is 6.37. The minimum atomic E-state index is -0.164. The number of hydrogen-bond donors (Lipinski definition) is 2. The smallest absolute Gasteiger partial charge is 0.257 e. The Morgan fingerprint density at radius 3 is 2.79 bits per heavy atom. The molecule has 2 rings (SSSR count). The second-order valence-corrected chi connectivity index (χ2v) is 5.30. The lowest BCUT2D eigenvalue weighted by Crippen LogP contribution is -2.13. The molecule has 0 fully saturated rings. The molecule has 2 aromatic rings. The molecule has 0 bridgehead atoms. The molecule has 100 valence electrons. The zero-order chi connectivity index (χ0) is 13.8. The number of aryl methyl sites for hydroxylation is 2. The lowest BCUT2D eigenvalue weighted by molar-refractivity contribution is 0.102. The van der Waals surface area contributed by atoms with Gasteiger partial charge in [-0.05, 0) is 25.5 Å². The highest BCUT2D eigenvalue weighted by molar-refractivity contribution is 7.15. The van der Waals surface area contributed by atoms with Crippen molar-refractivity contribution in [1.82, 2.24) is 9.97 Å². The molecule has 0 aliphatic heterocycles. The molecule has 0 spiro atoms. The van der Waals surface area contributed by atoms with Gasteiger partial charge in [-0.2, -0.15) is 0 Å². The standard InChI is InChI=1S/C13H16N4OS/c1-4-10-5-9(6-11(14-3)16-10)12(18)17-13-15-7-8(2)19-13/h5-7H,4H2,1-3H3,(H,14,16)(H,15,17,18). The monoisotopic (exact) mass is 276 g/mol. The quantitative estimate of drug-likeness (QED) is 0.901. The van der Waals surface area contributed by atoms with Crippen LogP contribution in [0.1, 0.15) is 27.9 Å². The SMILES string of the molecule is CCc1cc(C(=O)Nc2ncc(C)s2)cc(NC)n1. The lowest BCUT2D eigenvalue weighted by atomic mass is 10.2. The Balaban J connectivity index is 2.22. The van der Waals surface area contributed by atoms with E-state index in [-0.39, 0.29) is 5.91 Å². The molecule has 6 heteroatoms. The Bertz CT molecular complexity index is 572. The number of thiazole rings is 1. The topological polar surface area (TPSA) is 66.9 Å². The van der Waals surface area contributed by atoms with E-state index in [1.165, 1.54) is 11.3 Å². The molecule has 2 N–H and O–H groups in total. The molecule has 0 unspecified atom stereocenters. The van der Waals surface area contributed by atoms with Gasteiger partial charge in [-0.25, -0.2) is 9.97 Å². The maximum absolute atomic E-state index is 12.2. The van der Waals surface area contributed by atoms with Crippen LogP contribution in [0, 0.1) is 6.92 Å². The number of amides is 1. The van der Waals surface area contributed by atoms with Gasteiger partial charge in [-0.15, -0.1) is 11.3 Å². The number of carbonyl (C=O) groups is 1. The Labute approximate surface area is 116 Å². The highest BCUT2D eigenvalue weighted by Crippen LogP contribution is 2.18. The van der Waals surface area contributed by atoms with E-state index in [9.17, 15) is 4.79 Å². The van der Waals surface area contributed by atoms with Crippen molar-refractivity contribution in [3.63, 3.8) is 0 Å². The van der Waals surface area contributed by atoms with Crippen molar-refractivity contribution in [2.45, 2.75) is 20.3 Å². The first-order chi connectivity index (χ1) is 9.12. The van der Waals surface area contributed by atoms with E-state index < -0.39 is 0 Å². The zero-order valence-corrected chi connectivity index (χ0v) is 12.0. The molecule has 0 saturated heterocycles. The highest BCUT2D eigenvalue weighted by atomic mass is 32.1. The summed E-state index contributed by atoms with van der Waals surface area (Å²) in [4.78, 5) is 21.7. The lowest BCUT2D eigenvalue weighted by Gasteiger charge is -2.07. The van der Waals surface area contributed by atoms with Crippen molar-refractivity contribution >= 4 is 28.2 Å². The molecule has 19 heavy (non-hydrogen) atoms. The van der Waals surface area contributed by atoms with Gasteiger partial charge >= 0.3 is 0 Å². The molecule has 1 amide bonds. The first-order valence-corrected chi connectivity index (χ1v) is 6.86. The number of hydrogen-bond acceptors (Lipinski definition) is 5. The third kappa shape index (κ3) is 3.29. The van der Waals surface area contributed by atoms with Crippen molar-refractivity contribution < 1.29 is 4.79 Å². The molecular weight excluding hydrogens is 260 g/mol. The van der Waals surface area contributed by atoms with Gasteiger partial charge in [0.1, 0.15) is 5.82 Å². The van der Waals surface area contributed by atoms with Gasteiger partial charge < -0.3 is 5.32 Å². The third-order valence-electron chi connectivity index (χ3n) is 2.60. The normalized spacial score (nSPS) is 10.3. The summed E-state index contributed by atoms with van der Waals surface area (Å²) in [6.45, 7) is 3.96. The van der Waals surface area contributed by atoms with Crippen LogP contribution < -0.4 is 10.6 Å². The Morgan fingerprint density at radius 1 is 1.42 bits per heavy atom. The summed E-state index contributed by atoms with van der Waals surface area (Å²) in [7, 11) is 1.79. The predicted molar refractivity (Wildman–Crippen MR) is 78.0 cm³/mol. The van der Waals surface area contributed by atoms with Crippen LogP contribution in [0.4, 0.5) is 10.9 Å². The van der Waals surface area contributed by atoms with Crippen LogP contribution in [0.3, 0.4) is 0 Å². The van der Waals surface area contributed by atoms with Crippen LogP contribution in [-0.4, -0.2) is 22.9 Å². The molecule has 0 aliphatic carbocycles. The minimum absolute atomic E-state index is 0.164. The summed E-state index contributed by atoms with van der Waals surface area (Å²) in [6.07, 6.45) is 2.52. The fourth-order valence-electron chi connectivity index (χ4n) is 1.61. The number of rotatable bonds is 4. The fraction of sp³-hybridized carbons (Fsp3) is 0.308. The van der Waals surface area contributed by atoms with E-state index in [0.29, 0.717) is 16.5 Å². The summed E-state index contributed by atoms with van der Waals surface area (Å²) in [5.74, 6) is 0.530. The molecule has 2 heterocycles. The molecule has 0 aliphatic rings. The average molecular weight is 276 g/mol. The van der Waals surface area contributed by atoms with Gasteiger partial charge in [-0.3, -0.25) is 10.1 Å². The second-order valence-electron chi connectivity index (χ2n) is 4.07. The van der Waals surface area contributed by atoms with Crippen molar-refractivity contribution in [2.75, 3.05) is 17.7 Å². The van der Waals surface area contributed by atoms with Crippen LogP contribution in [0.25, 0.3) is 0 Å². The van der Waals surface area contributed by atoms with E-state index >= 15 is 0 Å². The van der Waals surface area contributed by atoms with E-state index in [1.54, 1.807) is 25.4 Å². The van der Waals surface area contributed by atoms with Crippen LogP contribution in [0.15, 0.2) is 18.3 Å². The Kier molecular flexibility index (Phi) is 4.11. The molecule has 0 aromatic carbocycles. The van der Waals surface area contributed by atoms with Crippen LogP contribution >= 0.6 is 11.3 Å². The van der Waals surface area contributed by atoms with Crippen molar-refractivity contribution in [3.05, 3.63) is 34.5 Å². The average Bonchev–Trinajstić information content (AvgIpc) is 2.83. The number of pyridine rings is 1. The zero-order valence-electron chi connectivity index (χ0n) is 11.2. The van der Waals surface area contributed by atoms with Crippen molar-refractivity contribution in [1.29, 1.82) is 0 Å². The summed E-state index contributed by atoms with van der Waals surface area (Å²) in [6, 6.07) is 3.53. The molecule has 0 saturated carbocycles. The number of nitrogens with zero attached hydrogens (tertiary/aromatic N) is 2. The maximum atomic E-state index is 12.2. The van der Waals surface area contributed by atoms with Gasteiger partial charge in [-0.1, -0.05) is 6.92 Å². The molecule has 2 aromatic heterocycles. The van der Waals surface area contributed by atoms with Gasteiger partial charge in [0.15, 0.2) is 5.13 Å². The Hall–Kier alpha value is -1.95.